The average molecular weight is 551 g/mol. The number of benzene rings is 4. The summed E-state index contributed by atoms with van der Waals surface area (Å²) in [6.45, 7) is 3.30. The molecule has 0 saturated carbocycles. The van der Waals surface area contributed by atoms with Gasteiger partial charge in [-0.25, -0.2) is 17.6 Å². The zero-order valence-corrected chi connectivity index (χ0v) is 22.7. The summed E-state index contributed by atoms with van der Waals surface area (Å²) in [5, 5.41) is 9.90. The Hall–Kier alpha value is -3.77. The van der Waals surface area contributed by atoms with Crippen LogP contribution in [-0.2, 0) is 30.5 Å². The van der Waals surface area contributed by atoms with Crippen LogP contribution in [0.2, 0.25) is 0 Å². The smallest absolute Gasteiger partial charge is 0.133 e. The number of aliphatic hydroxyl groups excluding tert-OH is 1. The molecule has 210 valence electrons. The van der Waals surface area contributed by atoms with E-state index in [2.05, 4.69) is 0 Å². The lowest BCUT2D eigenvalue weighted by Crippen LogP contribution is -2.21. The third-order valence-corrected chi connectivity index (χ3v) is 6.87. The van der Waals surface area contributed by atoms with Crippen LogP contribution in [-0.4, -0.2) is 17.0 Å². The van der Waals surface area contributed by atoms with E-state index in [1.165, 1.54) is 48.5 Å². The predicted octanol–water partition coefficient (Wildman–Crippen LogP) is 7.70. The Kier molecular flexibility index (Phi) is 11.6. The molecule has 4 aromatic carbocycles. The number of Topliss-reactive ketones (excluding diaryl/α,β-unsaturated/α-hetero) is 1. The molecular weight excluding hydrogens is 516 g/mol. The van der Waals surface area contributed by atoms with Crippen molar-refractivity contribution < 1.29 is 27.5 Å². The Labute approximate surface area is 233 Å². The van der Waals surface area contributed by atoms with E-state index < -0.39 is 6.10 Å². The van der Waals surface area contributed by atoms with Crippen molar-refractivity contribution in [1.29, 1.82) is 0 Å². The lowest BCUT2D eigenvalue weighted by molar-refractivity contribution is -0.120. The van der Waals surface area contributed by atoms with Crippen molar-refractivity contribution in [3.8, 4) is 0 Å². The van der Waals surface area contributed by atoms with E-state index >= 15 is 0 Å². The maximum Gasteiger partial charge on any atom is 0.133 e. The van der Waals surface area contributed by atoms with Gasteiger partial charge in [0.1, 0.15) is 29.1 Å². The first kappa shape index (κ1) is 30.8. The predicted molar refractivity (Wildman–Crippen MR) is 150 cm³/mol. The Morgan fingerprint density at radius 3 is 1.02 bits per heavy atom. The van der Waals surface area contributed by atoms with Crippen molar-refractivity contribution in [3.63, 3.8) is 0 Å². The van der Waals surface area contributed by atoms with Crippen LogP contribution >= 0.6 is 0 Å². The van der Waals surface area contributed by atoms with E-state index in [1.807, 2.05) is 0 Å². The van der Waals surface area contributed by atoms with Crippen LogP contribution in [0, 0.1) is 35.1 Å². The van der Waals surface area contributed by atoms with E-state index in [9.17, 15) is 27.5 Å². The first-order chi connectivity index (χ1) is 19.1. The van der Waals surface area contributed by atoms with Crippen molar-refractivity contribution in [2.24, 2.45) is 11.8 Å². The van der Waals surface area contributed by atoms with Crippen LogP contribution in [0.5, 0.6) is 0 Å². The number of hydrogen-bond donors (Lipinski definition) is 1. The molecular formula is C34H34F4O2. The summed E-state index contributed by atoms with van der Waals surface area (Å²) in [6.07, 6.45) is 1.97. The second-order valence-electron chi connectivity index (χ2n) is 10.1. The first-order valence-electron chi connectivity index (χ1n) is 13.3. The number of rotatable bonds is 10. The molecule has 0 spiro atoms. The number of carbonyl (C=O) groups is 1. The third-order valence-electron chi connectivity index (χ3n) is 6.87. The first-order valence-corrected chi connectivity index (χ1v) is 13.3. The fourth-order valence-corrected chi connectivity index (χ4v) is 4.43. The van der Waals surface area contributed by atoms with Gasteiger partial charge in [0.15, 0.2) is 0 Å². The standard InChI is InChI=1S/C17H18F2O.C17H16F2O/c2*1-12(20)15(10-13-2-6-16(18)7-3-13)11-14-4-8-17(19)9-5-14/h2-9,12,15,20H,10-11H2,1H3;2-9,15H,10-11H2,1H3/t12-;/m0./s1. The molecule has 0 aliphatic heterocycles. The fraction of sp³-hybridized carbons (Fsp3) is 0.265. The van der Waals surface area contributed by atoms with Crippen LogP contribution in [0.15, 0.2) is 97.1 Å². The summed E-state index contributed by atoms with van der Waals surface area (Å²) >= 11 is 0. The highest BCUT2D eigenvalue weighted by Gasteiger charge is 2.17. The SMILES string of the molecule is CC(=O)C(Cc1ccc(F)cc1)Cc1ccc(F)cc1.C[C@H](O)C(Cc1ccc(F)cc1)Cc1ccc(F)cc1. The zero-order chi connectivity index (χ0) is 29.1. The quantitative estimate of drug-likeness (QED) is 0.206. The molecule has 6 heteroatoms. The second kappa shape index (κ2) is 15.1. The maximum atomic E-state index is 12.9. The Balaban J connectivity index is 0.000000220. The molecule has 0 aliphatic carbocycles. The Morgan fingerprint density at radius 1 is 0.550 bits per heavy atom. The number of ketones is 1. The summed E-state index contributed by atoms with van der Waals surface area (Å²) < 4.78 is 51.5. The van der Waals surface area contributed by atoms with Gasteiger partial charge >= 0.3 is 0 Å². The topological polar surface area (TPSA) is 37.3 Å². The van der Waals surface area contributed by atoms with Gasteiger partial charge < -0.3 is 5.11 Å². The molecule has 0 amide bonds. The molecule has 1 atom stereocenters. The van der Waals surface area contributed by atoms with Crippen molar-refractivity contribution in [2.45, 2.75) is 45.6 Å². The van der Waals surface area contributed by atoms with Crippen LogP contribution in [0.3, 0.4) is 0 Å². The molecule has 0 aromatic heterocycles. The molecule has 0 unspecified atom stereocenters. The highest BCUT2D eigenvalue weighted by atomic mass is 19.1. The van der Waals surface area contributed by atoms with Crippen LogP contribution < -0.4 is 0 Å². The summed E-state index contributed by atoms with van der Waals surface area (Å²) in [4.78, 5) is 11.7. The molecule has 0 radical (unpaired) electrons. The van der Waals surface area contributed by atoms with Crippen molar-refractivity contribution >= 4 is 5.78 Å². The lowest BCUT2D eigenvalue weighted by atomic mass is 9.89. The minimum atomic E-state index is -0.481. The Morgan fingerprint density at radius 2 is 0.800 bits per heavy atom. The summed E-state index contributed by atoms with van der Waals surface area (Å²) in [7, 11) is 0. The van der Waals surface area contributed by atoms with E-state index in [-0.39, 0.29) is 40.9 Å². The molecule has 2 nitrogen and oxygen atoms in total. The van der Waals surface area contributed by atoms with Gasteiger partial charge in [0.25, 0.3) is 0 Å². The summed E-state index contributed by atoms with van der Waals surface area (Å²) in [6, 6.07) is 25.0. The summed E-state index contributed by atoms with van der Waals surface area (Å²) in [5.41, 5.74) is 3.82. The van der Waals surface area contributed by atoms with E-state index in [0.29, 0.717) is 25.7 Å². The summed E-state index contributed by atoms with van der Waals surface area (Å²) in [5.74, 6) is -1.17. The normalized spacial score (nSPS) is 11.7. The van der Waals surface area contributed by atoms with Gasteiger partial charge in [0.05, 0.1) is 6.10 Å². The van der Waals surface area contributed by atoms with Crippen molar-refractivity contribution in [3.05, 3.63) is 143 Å². The van der Waals surface area contributed by atoms with Gasteiger partial charge in [-0.05, 0) is 116 Å². The molecule has 1 N–H and O–H groups in total. The Bertz CT molecular complexity index is 1220. The minimum Gasteiger partial charge on any atom is -0.393 e. The highest BCUT2D eigenvalue weighted by molar-refractivity contribution is 5.78. The van der Waals surface area contributed by atoms with E-state index in [4.69, 9.17) is 0 Å². The highest BCUT2D eigenvalue weighted by Crippen LogP contribution is 2.20. The largest absolute Gasteiger partial charge is 0.393 e. The fourth-order valence-electron chi connectivity index (χ4n) is 4.43. The van der Waals surface area contributed by atoms with Crippen molar-refractivity contribution in [2.75, 3.05) is 0 Å². The van der Waals surface area contributed by atoms with Gasteiger partial charge in [-0.1, -0.05) is 48.5 Å². The minimum absolute atomic E-state index is 0.0194. The van der Waals surface area contributed by atoms with E-state index in [1.54, 1.807) is 62.4 Å². The second-order valence-corrected chi connectivity index (χ2v) is 10.1. The molecule has 0 saturated heterocycles. The van der Waals surface area contributed by atoms with Gasteiger partial charge in [0.2, 0.25) is 0 Å². The number of halogens is 4. The van der Waals surface area contributed by atoms with Gasteiger partial charge in [0, 0.05) is 5.92 Å². The molecule has 40 heavy (non-hydrogen) atoms. The van der Waals surface area contributed by atoms with Crippen molar-refractivity contribution in [1.82, 2.24) is 0 Å². The molecule has 4 rings (SSSR count). The van der Waals surface area contributed by atoms with Crippen LogP contribution in [0.1, 0.15) is 36.1 Å². The lowest BCUT2D eigenvalue weighted by Gasteiger charge is -2.20. The number of aliphatic hydroxyl groups is 1. The van der Waals surface area contributed by atoms with Crippen LogP contribution in [0.25, 0.3) is 0 Å². The molecule has 0 bridgehead atoms. The van der Waals surface area contributed by atoms with E-state index in [0.717, 1.165) is 22.3 Å². The zero-order valence-electron chi connectivity index (χ0n) is 22.7. The van der Waals surface area contributed by atoms with Gasteiger partial charge in [-0.15, -0.1) is 0 Å². The molecule has 4 aromatic rings. The third kappa shape index (κ3) is 10.4. The monoisotopic (exact) mass is 550 g/mol. The van der Waals surface area contributed by atoms with Crippen LogP contribution in [0.4, 0.5) is 17.6 Å². The maximum absolute atomic E-state index is 12.9. The molecule has 0 aliphatic rings. The molecule has 0 fully saturated rings. The van der Waals surface area contributed by atoms with Gasteiger partial charge in [-0.3, -0.25) is 4.79 Å². The molecule has 0 heterocycles. The number of carbonyl (C=O) groups excluding carboxylic acids is 1. The van der Waals surface area contributed by atoms with Gasteiger partial charge in [-0.2, -0.15) is 0 Å². The average Bonchev–Trinajstić information content (AvgIpc) is 2.93. The number of hydrogen-bond acceptors (Lipinski definition) is 2.